The van der Waals surface area contributed by atoms with Crippen LogP contribution in [0.25, 0.3) is 72.6 Å². The van der Waals surface area contributed by atoms with Gasteiger partial charge >= 0.3 is 145 Å². The minimum atomic E-state index is -2.36. The summed E-state index contributed by atoms with van der Waals surface area (Å²) in [5.41, 5.74) is 12.4. The number of aromatic nitrogens is 5. The van der Waals surface area contributed by atoms with Crippen molar-refractivity contribution in [1.29, 1.82) is 0 Å². The number of hydrogen-bond acceptors (Lipinski definition) is 5. The average Bonchev–Trinajstić information content (AvgIpc) is 3.86. The normalized spacial score (nSPS) is 13.7. The maximum Gasteiger partial charge on any atom is 0 e. The molecule has 8 heteroatoms. The standard InChI is InChI=1S/C37H33N4O.C20H28GeN.Ir/c1-22(2)29-19-25(24-11-8-7-9-12-24)20-30(37(4,5)6)33(29)41-32-21-38-18-17-31(32)40-35(41)28-14-10-13-26-27-16-15-23(3)39-36(27)42-34(26)28;1-15-8-10-16(11-9-15)19-12-17(13-20(2,3)4)18(14-22-19)21(5,6)7;/h7-13,15-22H,1-6H3;8-10,12,14H,13H2,1-7H3;/q2*-1;/i;1D3,13D2;. The molecule has 5 aromatic heterocycles. The maximum absolute atomic E-state index is 8.80. The largest absolute Gasteiger partial charge is 0 e. The monoisotopic (exact) mass is 1100 g/mol. The number of furan rings is 1. The van der Waals surface area contributed by atoms with Crippen LogP contribution in [0.15, 0.2) is 120 Å². The van der Waals surface area contributed by atoms with E-state index in [1.54, 1.807) is 18.3 Å². The molecular formula is C57H61GeIrN5O-2. The molecule has 0 unspecified atom stereocenters. The van der Waals surface area contributed by atoms with Gasteiger partial charge in [0.2, 0.25) is 5.71 Å². The third-order valence-electron chi connectivity index (χ3n) is 11.3. The van der Waals surface area contributed by atoms with Crippen molar-refractivity contribution in [3.63, 3.8) is 0 Å². The minimum absolute atomic E-state index is 0. The predicted octanol–water partition coefficient (Wildman–Crippen LogP) is 14.6. The van der Waals surface area contributed by atoms with Crippen LogP contribution >= 0.6 is 0 Å². The number of rotatable bonds is 7. The van der Waals surface area contributed by atoms with E-state index in [1.165, 1.54) is 28.3 Å². The third-order valence-corrected chi connectivity index (χ3v) is 15.6. The van der Waals surface area contributed by atoms with Crippen LogP contribution in [-0.4, -0.2) is 37.8 Å². The van der Waals surface area contributed by atoms with Crippen molar-refractivity contribution in [2.24, 2.45) is 5.41 Å². The quantitative estimate of drug-likeness (QED) is 0.117. The van der Waals surface area contributed by atoms with Crippen LogP contribution in [0.3, 0.4) is 0 Å². The smallest absolute Gasteiger partial charge is 0 e. The van der Waals surface area contributed by atoms with E-state index in [0.717, 1.165) is 54.6 Å². The Morgan fingerprint density at radius 1 is 0.846 bits per heavy atom. The van der Waals surface area contributed by atoms with Crippen molar-refractivity contribution in [2.75, 3.05) is 0 Å². The maximum atomic E-state index is 8.80. The molecule has 0 saturated heterocycles. The summed E-state index contributed by atoms with van der Waals surface area (Å²) < 4.78 is 49.8. The Kier molecular flexibility index (Phi) is 11.8. The molecule has 4 aromatic carbocycles. The zero-order chi connectivity index (χ0) is 50.0. The van der Waals surface area contributed by atoms with Crippen LogP contribution in [0.2, 0.25) is 17.3 Å². The van der Waals surface area contributed by atoms with Crippen LogP contribution < -0.4 is 4.40 Å². The molecule has 0 spiro atoms. The number of aryl methyl sites for hydroxylation is 2. The van der Waals surface area contributed by atoms with Gasteiger partial charge in [-0.05, 0) is 70.8 Å². The molecule has 9 aromatic rings. The number of benzene rings is 4. The van der Waals surface area contributed by atoms with Crippen molar-refractivity contribution in [3.05, 3.63) is 156 Å². The first kappa shape index (κ1) is 41.2. The molecular weight excluding hydrogens is 1040 g/mol. The molecule has 0 aliphatic heterocycles. The van der Waals surface area contributed by atoms with Gasteiger partial charge in [0.15, 0.2) is 0 Å². The fourth-order valence-electron chi connectivity index (χ4n) is 8.21. The first-order chi connectivity index (χ1) is 32.3. The summed E-state index contributed by atoms with van der Waals surface area (Å²) in [4.78, 5) is 19.0. The average molecular weight is 1100 g/mol. The van der Waals surface area contributed by atoms with Crippen molar-refractivity contribution < 1.29 is 31.4 Å². The summed E-state index contributed by atoms with van der Waals surface area (Å²) in [5, 5.41) is 1.99. The Hall–Kier alpha value is -5.21. The van der Waals surface area contributed by atoms with E-state index in [1.807, 2.05) is 70.4 Å². The summed E-state index contributed by atoms with van der Waals surface area (Å²) in [5.74, 6) is 7.73. The van der Waals surface area contributed by atoms with Crippen LogP contribution in [0.4, 0.5) is 0 Å². The van der Waals surface area contributed by atoms with Crippen LogP contribution in [-0.2, 0) is 31.9 Å². The molecule has 0 fully saturated rings. The first-order valence-electron chi connectivity index (χ1n) is 24.6. The van der Waals surface area contributed by atoms with E-state index < -0.39 is 31.9 Å². The molecule has 0 amide bonds. The molecule has 5 heterocycles. The molecule has 0 saturated carbocycles. The molecule has 0 bridgehead atoms. The fourth-order valence-corrected chi connectivity index (χ4v) is 11.1. The van der Waals surface area contributed by atoms with Gasteiger partial charge in [0.1, 0.15) is 0 Å². The van der Waals surface area contributed by atoms with E-state index in [4.69, 9.17) is 16.3 Å². The van der Waals surface area contributed by atoms with Crippen LogP contribution in [0, 0.1) is 31.3 Å². The van der Waals surface area contributed by atoms with Gasteiger partial charge in [0.05, 0.1) is 28.6 Å². The van der Waals surface area contributed by atoms with Gasteiger partial charge in [-0.1, -0.05) is 75.9 Å². The molecule has 0 aliphatic carbocycles. The van der Waals surface area contributed by atoms with Gasteiger partial charge in [-0.15, -0.1) is 18.2 Å². The number of hydrogen-bond donors (Lipinski definition) is 0. The molecule has 65 heavy (non-hydrogen) atoms. The zero-order valence-corrected chi connectivity index (χ0v) is 44.0. The molecule has 9 rings (SSSR count). The van der Waals surface area contributed by atoms with Crippen molar-refractivity contribution >= 4 is 50.8 Å². The van der Waals surface area contributed by atoms with E-state index in [9.17, 15) is 0 Å². The third kappa shape index (κ3) is 10.1. The topological polar surface area (TPSA) is 69.6 Å². The molecule has 1 radical (unpaired) electrons. The molecule has 0 N–H and O–H groups in total. The van der Waals surface area contributed by atoms with Gasteiger partial charge in [0, 0.05) is 43.1 Å². The number of nitrogens with zero attached hydrogens (tertiary/aromatic N) is 5. The summed E-state index contributed by atoms with van der Waals surface area (Å²) in [6.45, 7) is 16.9. The summed E-state index contributed by atoms with van der Waals surface area (Å²) >= 11 is -2.36. The zero-order valence-electron chi connectivity index (χ0n) is 44.5. The fraction of sp³-hybridized carbons (Fsp3) is 0.298. The minimum Gasteiger partial charge on any atom is 0 e. The van der Waals surface area contributed by atoms with Crippen molar-refractivity contribution in [3.8, 4) is 39.5 Å². The van der Waals surface area contributed by atoms with Crippen LogP contribution in [0.1, 0.15) is 96.1 Å². The second-order valence-electron chi connectivity index (χ2n) is 20.1. The van der Waals surface area contributed by atoms with Crippen molar-refractivity contribution in [2.45, 2.75) is 104 Å². The van der Waals surface area contributed by atoms with Gasteiger partial charge < -0.3 is 8.98 Å². The predicted molar refractivity (Wildman–Crippen MR) is 271 cm³/mol. The summed E-state index contributed by atoms with van der Waals surface area (Å²) in [7, 11) is 0. The van der Waals surface area contributed by atoms with Gasteiger partial charge in [-0.2, -0.15) is 0 Å². The molecule has 0 atom stereocenters. The Morgan fingerprint density at radius 2 is 1.62 bits per heavy atom. The first-order valence-corrected chi connectivity index (χ1v) is 29.4. The van der Waals surface area contributed by atoms with E-state index in [0.29, 0.717) is 22.5 Å². The molecule has 6 nitrogen and oxygen atoms in total. The number of imidazole rings is 1. The Labute approximate surface area is 409 Å². The summed E-state index contributed by atoms with van der Waals surface area (Å²) in [6.07, 6.45) is 4.02. The molecule has 0 aliphatic rings. The van der Waals surface area contributed by atoms with Gasteiger partial charge in [-0.3, -0.25) is 9.97 Å². The Morgan fingerprint density at radius 3 is 2.28 bits per heavy atom. The second kappa shape index (κ2) is 18.6. The van der Waals surface area contributed by atoms with E-state index in [2.05, 4.69) is 132 Å². The van der Waals surface area contributed by atoms with Crippen molar-refractivity contribution in [1.82, 2.24) is 24.5 Å². The SMILES string of the molecule is Cc1ccc2c(n1)oc1c(-c3nc4ccncc4n3-c3c(C(C)C)cc(-c4ccccc4)cc3C(C)(C)C)[c-]ccc12.[2H]C([2H])([2H])c1c[c-]c(-c2cc(C([2H])([2H])C(C)(C)C)[c]([Ge]([CH3])([CH3])[CH3])cn2)cc1.[Ir]. The Balaban J connectivity index is 0.000000225. The summed E-state index contributed by atoms with van der Waals surface area (Å²) in [6, 6.07) is 38.5. The molecule has 335 valence electrons. The van der Waals surface area contributed by atoms with E-state index in [-0.39, 0.29) is 37.0 Å². The van der Waals surface area contributed by atoms with E-state index >= 15 is 0 Å². The van der Waals surface area contributed by atoms with Crippen LogP contribution in [0.5, 0.6) is 0 Å². The number of fused-ring (bicyclic) bond motifs is 4. The Bertz CT molecular complexity index is 3340. The number of pyridine rings is 3. The van der Waals surface area contributed by atoms with Gasteiger partial charge in [-0.25, -0.2) is 4.98 Å². The second-order valence-corrected chi connectivity index (χ2v) is 30.7. The van der Waals surface area contributed by atoms with Gasteiger partial charge in [0.25, 0.3) is 0 Å².